The topological polar surface area (TPSA) is 74.6 Å². The molecule has 1 aromatic heterocycles. The first-order valence-electron chi connectivity index (χ1n) is 7.87. The van der Waals surface area contributed by atoms with Gasteiger partial charge in [-0.15, -0.1) is 0 Å². The van der Waals surface area contributed by atoms with Crippen molar-refractivity contribution in [2.24, 2.45) is 5.92 Å². The molecule has 0 bridgehead atoms. The molecule has 2 fully saturated rings. The van der Waals surface area contributed by atoms with Gasteiger partial charge >= 0.3 is 6.03 Å². The minimum Gasteiger partial charge on any atom is -0.464 e. The summed E-state index contributed by atoms with van der Waals surface area (Å²) in [6.07, 6.45) is 1.48. The molecule has 2 N–H and O–H groups in total. The Balaban J connectivity index is 1.49. The maximum atomic E-state index is 12.1. The number of amides is 3. The second-order valence-corrected chi connectivity index (χ2v) is 6.52. The lowest BCUT2D eigenvalue weighted by atomic mass is 10.2. The highest BCUT2D eigenvalue weighted by Crippen LogP contribution is 2.37. The Morgan fingerprint density at radius 3 is 2.77 bits per heavy atom. The number of aryl methyl sites for hydroxylation is 1. The van der Waals surface area contributed by atoms with Gasteiger partial charge in [0.1, 0.15) is 11.5 Å². The van der Waals surface area contributed by atoms with E-state index < -0.39 is 0 Å². The van der Waals surface area contributed by atoms with Crippen LogP contribution in [0.3, 0.4) is 0 Å². The monoisotopic (exact) mass is 305 g/mol. The molecule has 22 heavy (non-hydrogen) atoms. The lowest BCUT2D eigenvalue weighted by Gasteiger charge is -2.18. The number of nitrogens with one attached hydrogen (secondary N) is 2. The Bertz CT molecular complexity index is 583. The zero-order valence-corrected chi connectivity index (χ0v) is 13.3. The molecule has 2 heterocycles. The maximum absolute atomic E-state index is 12.1. The van der Waals surface area contributed by atoms with Crippen molar-refractivity contribution in [2.75, 3.05) is 6.54 Å². The van der Waals surface area contributed by atoms with Crippen LogP contribution in [0, 0.1) is 12.8 Å². The van der Waals surface area contributed by atoms with Crippen LogP contribution in [0.2, 0.25) is 0 Å². The third-order valence-electron chi connectivity index (χ3n) is 4.50. The van der Waals surface area contributed by atoms with Crippen molar-refractivity contribution in [2.45, 2.75) is 51.7 Å². The minimum atomic E-state index is -0.259. The second-order valence-electron chi connectivity index (χ2n) is 6.52. The first kappa shape index (κ1) is 14.9. The van der Waals surface area contributed by atoms with E-state index >= 15 is 0 Å². The van der Waals surface area contributed by atoms with Crippen molar-refractivity contribution in [3.05, 3.63) is 23.7 Å². The van der Waals surface area contributed by atoms with Crippen molar-refractivity contribution < 1.29 is 14.0 Å². The number of hydrogen-bond acceptors (Lipinski definition) is 3. The van der Waals surface area contributed by atoms with E-state index in [2.05, 4.69) is 17.6 Å². The van der Waals surface area contributed by atoms with Crippen LogP contribution in [0.25, 0.3) is 0 Å². The summed E-state index contributed by atoms with van der Waals surface area (Å²) >= 11 is 0. The largest absolute Gasteiger partial charge is 0.464 e. The molecule has 6 heteroatoms. The van der Waals surface area contributed by atoms with E-state index in [1.807, 2.05) is 30.9 Å². The van der Waals surface area contributed by atoms with Gasteiger partial charge < -0.3 is 20.0 Å². The highest BCUT2D eigenvalue weighted by Gasteiger charge is 2.44. The number of furan rings is 1. The zero-order valence-electron chi connectivity index (χ0n) is 13.3. The average Bonchev–Trinajstić information content (AvgIpc) is 2.82. The van der Waals surface area contributed by atoms with Gasteiger partial charge in [-0.3, -0.25) is 4.79 Å². The van der Waals surface area contributed by atoms with E-state index in [0.717, 1.165) is 17.9 Å². The van der Waals surface area contributed by atoms with Crippen LogP contribution in [0.1, 0.15) is 44.3 Å². The number of carbonyl (C=O) groups excluding carboxylic acids is 2. The van der Waals surface area contributed by atoms with Crippen molar-refractivity contribution in [1.29, 1.82) is 0 Å². The molecule has 4 atom stereocenters. The quantitative estimate of drug-likeness (QED) is 0.893. The predicted octanol–water partition coefficient (Wildman–Crippen LogP) is 1.96. The third-order valence-corrected chi connectivity index (χ3v) is 4.50. The lowest BCUT2D eigenvalue weighted by molar-refractivity contribution is -0.128. The fourth-order valence-electron chi connectivity index (χ4n) is 3.07. The molecule has 1 saturated carbocycles. The van der Waals surface area contributed by atoms with Crippen LogP contribution in [0.5, 0.6) is 0 Å². The van der Waals surface area contributed by atoms with Crippen LogP contribution < -0.4 is 10.6 Å². The molecule has 120 valence electrons. The summed E-state index contributed by atoms with van der Waals surface area (Å²) in [5.41, 5.74) is 0. The highest BCUT2D eigenvalue weighted by atomic mass is 16.3. The van der Waals surface area contributed by atoms with Crippen LogP contribution in [0.15, 0.2) is 16.5 Å². The van der Waals surface area contributed by atoms with Crippen molar-refractivity contribution >= 4 is 11.9 Å². The molecule has 0 spiro atoms. The number of urea groups is 1. The molecular weight excluding hydrogens is 282 g/mol. The molecule has 1 saturated heterocycles. The number of carbonyl (C=O) groups is 2. The van der Waals surface area contributed by atoms with Crippen molar-refractivity contribution in [3.8, 4) is 0 Å². The number of likely N-dealkylation sites (tertiary alicyclic amines) is 1. The van der Waals surface area contributed by atoms with Crippen LogP contribution in [-0.4, -0.2) is 35.5 Å². The van der Waals surface area contributed by atoms with Crippen LogP contribution in [-0.2, 0) is 4.79 Å². The van der Waals surface area contributed by atoms with Crippen molar-refractivity contribution in [1.82, 2.24) is 15.5 Å². The number of rotatable bonds is 4. The van der Waals surface area contributed by atoms with E-state index in [1.165, 1.54) is 0 Å². The Morgan fingerprint density at radius 1 is 1.45 bits per heavy atom. The Kier molecular flexibility index (Phi) is 3.85. The van der Waals surface area contributed by atoms with E-state index in [9.17, 15) is 9.59 Å². The average molecular weight is 305 g/mol. The fourth-order valence-corrected chi connectivity index (χ4v) is 3.07. The van der Waals surface area contributed by atoms with E-state index in [0.29, 0.717) is 24.9 Å². The molecule has 3 amide bonds. The molecule has 1 aliphatic carbocycles. The summed E-state index contributed by atoms with van der Waals surface area (Å²) in [6.45, 7) is 6.51. The first-order chi connectivity index (χ1) is 10.4. The molecule has 2 aliphatic rings. The fraction of sp³-hybridized carbons (Fsp3) is 0.625. The molecule has 1 aliphatic heterocycles. The lowest BCUT2D eigenvalue weighted by Crippen LogP contribution is -2.44. The van der Waals surface area contributed by atoms with Gasteiger partial charge in [0.25, 0.3) is 0 Å². The summed E-state index contributed by atoms with van der Waals surface area (Å²) in [5, 5.41) is 5.74. The summed E-state index contributed by atoms with van der Waals surface area (Å²) in [5.74, 6) is 2.29. The third kappa shape index (κ3) is 3.10. The van der Waals surface area contributed by atoms with Gasteiger partial charge in [-0.1, -0.05) is 6.92 Å². The summed E-state index contributed by atoms with van der Waals surface area (Å²) in [7, 11) is 0. The normalized spacial score (nSPS) is 28.6. The van der Waals surface area contributed by atoms with Gasteiger partial charge in [-0.05, 0) is 38.3 Å². The summed E-state index contributed by atoms with van der Waals surface area (Å²) in [4.78, 5) is 25.9. The van der Waals surface area contributed by atoms with Gasteiger partial charge in [0, 0.05) is 19.0 Å². The Hall–Kier alpha value is -1.98. The van der Waals surface area contributed by atoms with E-state index in [4.69, 9.17) is 4.42 Å². The summed E-state index contributed by atoms with van der Waals surface area (Å²) in [6, 6.07) is 3.54. The first-order valence-corrected chi connectivity index (χ1v) is 7.87. The molecule has 6 nitrogen and oxygen atoms in total. The highest BCUT2D eigenvalue weighted by molar-refractivity contribution is 5.82. The van der Waals surface area contributed by atoms with Crippen LogP contribution >= 0.6 is 0 Å². The number of nitrogens with zero attached hydrogens (tertiary/aromatic N) is 1. The predicted molar refractivity (Wildman–Crippen MR) is 81.2 cm³/mol. The van der Waals surface area contributed by atoms with Crippen LogP contribution in [0.4, 0.5) is 4.79 Å². The van der Waals surface area contributed by atoms with Gasteiger partial charge in [-0.25, -0.2) is 4.79 Å². The second kappa shape index (κ2) is 5.66. The smallest absolute Gasteiger partial charge is 0.315 e. The minimum absolute atomic E-state index is 0.106. The molecule has 1 aromatic rings. The summed E-state index contributed by atoms with van der Waals surface area (Å²) < 4.78 is 5.50. The van der Waals surface area contributed by atoms with E-state index in [-0.39, 0.29) is 24.0 Å². The zero-order chi connectivity index (χ0) is 15.9. The number of hydrogen-bond donors (Lipinski definition) is 2. The maximum Gasteiger partial charge on any atom is 0.315 e. The molecule has 3 rings (SSSR count). The standard InChI is InChI=1S/C16H23N3O3/c1-9-6-13(9)19-8-12(7-15(19)20)18-16(21)17-11(3)14-5-4-10(2)22-14/h4-5,9,11-13H,6-8H2,1-3H3,(H2,17,18,21)/t9-,11+,12-,13+/m1/s1. The Labute approximate surface area is 130 Å². The molecular formula is C16H23N3O3. The van der Waals surface area contributed by atoms with Gasteiger partial charge in [0.2, 0.25) is 5.91 Å². The molecule has 0 unspecified atom stereocenters. The Morgan fingerprint density at radius 2 is 2.18 bits per heavy atom. The van der Waals surface area contributed by atoms with Gasteiger partial charge in [0.15, 0.2) is 0 Å². The van der Waals surface area contributed by atoms with E-state index in [1.54, 1.807) is 0 Å². The van der Waals surface area contributed by atoms with Gasteiger partial charge in [-0.2, -0.15) is 0 Å². The van der Waals surface area contributed by atoms with Gasteiger partial charge in [0.05, 0.1) is 12.1 Å². The SMILES string of the molecule is Cc1ccc([C@H](C)NC(=O)N[C@@H]2CC(=O)N([C@H]3C[C@H]3C)C2)o1. The van der Waals surface area contributed by atoms with Crippen molar-refractivity contribution in [3.63, 3.8) is 0 Å². The molecule has 0 radical (unpaired) electrons. The molecule has 0 aromatic carbocycles.